The van der Waals surface area contributed by atoms with Gasteiger partial charge in [0.05, 0.1) is 6.04 Å². The third-order valence-corrected chi connectivity index (χ3v) is 8.98. The molecule has 0 aromatic heterocycles. The van der Waals surface area contributed by atoms with Crippen LogP contribution in [0.25, 0.3) is 0 Å². The quantitative estimate of drug-likeness (QED) is 0.464. The first kappa shape index (κ1) is 19.0. The Balaban J connectivity index is 1.34. The van der Waals surface area contributed by atoms with Crippen LogP contribution in [0.5, 0.6) is 0 Å². The Labute approximate surface area is 181 Å². The van der Waals surface area contributed by atoms with Gasteiger partial charge in [0.15, 0.2) is 11.2 Å². The second-order valence-corrected chi connectivity index (χ2v) is 10.6. The van der Waals surface area contributed by atoms with E-state index in [2.05, 4.69) is 31.2 Å². The molecule has 0 radical (unpaired) electrons. The summed E-state index contributed by atoms with van der Waals surface area (Å²) in [4.78, 5) is 32.4. The fourth-order valence-electron chi connectivity index (χ4n) is 7.45. The fourth-order valence-corrected chi connectivity index (χ4v) is 7.45. The van der Waals surface area contributed by atoms with E-state index in [1.54, 1.807) is 0 Å². The van der Waals surface area contributed by atoms with Crippen molar-refractivity contribution >= 4 is 5.97 Å². The molecule has 0 unspecified atom stereocenters. The van der Waals surface area contributed by atoms with Gasteiger partial charge in [0, 0.05) is 31.2 Å². The first-order valence-electron chi connectivity index (χ1n) is 11.7. The third kappa shape index (κ3) is 2.29. The number of hydroxylamine groups is 2. The van der Waals surface area contributed by atoms with Crippen LogP contribution in [0.3, 0.4) is 0 Å². The molecule has 7 nitrogen and oxygen atoms in total. The van der Waals surface area contributed by atoms with Gasteiger partial charge in [-0.05, 0) is 49.7 Å². The summed E-state index contributed by atoms with van der Waals surface area (Å²) >= 11 is 0. The Morgan fingerprint density at radius 2 is 2.00 bits per heavy atom. The molecule has 6 aliphatic heterocycles. The highest BCUT2D eigenvalue weighted by Crippen LogP contribution is 2.64. The average Bonchev–Trinajstić information content (AvgIpc) is 3.02. The molecule has 2 spiro atoms. The van der Waals surface area contributed by atoms with E-state index in [0.29, 0.717) is 12.3 Å². The van der Waals surface area contributed by atoms with E-state index in [1.165, 1.54) is 11.1 Å². The lowest BCUT2D eigenvalue weighted by molar-refractivity contribution is -0.564. The Bertz CT molecular complexity index is 954. The summed E-state index contributed by atoms with van der Waals surface area (Å²) in [6.45, 7) is 4.92. The van der Waals surface area contributed by atoms with Crippen LogP contribution in [0.4, 0.5) is 0 Å². The van der Waals surface area contributed by atoms with Crippen molar-refractivity contribution in [1.82, 2.24) is 5.06 Å². The number of fused-ring (bicyclic) bond motifs is 6. The van der Waals surface area contributed by atoms with Crippen LogP contribution in [-0.2, 0) is 35.3 Å². The number of benzene rings is 1. The lowest BCUT2D eigenvalue weighted by Crippen LogP contribution is -2.75. The highest BCUT2D eigenvalue weighted by molar-refractivity contribution is 5.82. The number of hydrogen-bond acceptors (Lipinski definition) is 7. The average molecular weight is 427 g/mol. The minimum atomic E-state index is -1.07. The predicted molar refractivity (Wildman–Crippen MR) is 107 cm³/mol. The number of nitrogens with zero attached hydrogens (tertiary/aromatic N) is 1. The van der Waals surface area contributed by atoms with Crippen molar-refractivity contribution in [2.24, 2.45) is 17.8 Å². The minimum Gasteiger partial charge on any atom is -0.430 e. The summed E-state index contributed by atoms with van der Waals surface area (Å²) in [6, 6.07) is 8.54. The second-order valence-electron chi connectivity index (χ2n) is 10.6. The molecular weight excluding hydrogens is 398 g/mol. The van der Waals surface area contributed by atoms with Crippen molar-refractivity contribution in [3.8, 4) is 0 Å². The molecule has 1 saturated carbocycles. The molecule has 6 heterocycles. The van der Waals surface area contributed by atoms with Gasteiger partial charge in [0.1, 0.15) is 0 Å². The maximum Gasteiger partial charge on any atom is 0.343 e. The number of carbonyl (C=O) groups excluding carboxylic acids is 1. The van der Waals surface area contributed by atoms with Crippen LogP contribution >= 0.6 is 0 Å². The second kappa shape index (κ2) is 6.08. The van der Waals surface area contributed by atoms with E-state index in [-0.39, 0.29) is 23.8 Å². The maximum absolute atomic E-state index is 13.6. The number of ether oxygens (including phenoxy) is 2. The van der Waals surface area contributed by atoms with Gasteiger partial charge in [-0.25, -0.2) is 14.6 Å². The van der Waals surface area contributed by atoms with Gasteiger partial charge in [0.25, 0.3) is 0 Å². The molecule has 8 atom stereocenters. The van der Waals surface area contributed by atoms with Crippen molar-refractivity contribution in [1.29, 1.82) is 0 Å². The smallest absolute Gasteiger partial charge is 0.343 e. The van der Waals surface area contributed by atoms with Gasteiger partial charge in [-0.3, -0.25) is 4.84 Å². The number of esters is 1. The van der Waals surface area contributed by atoms with Crippen LogP contribution < -0.4 is 0 Å². The standard InChI is InChI=1S/C24H29NO6/c1-14-7-8-19-23(13-18-16-6-4-3-5-15(16)10-12-25(18)29-23)20(26)27-21-24(19)17(14)9-11-22(2,28-21)30-31-24/h3-6,14,17-19,21H,7-13H2,1-2H3/t14-,17+,18-,19+,21-,22-,23-,24-/m1/s1. The summed E-state index contributed by atoms with van der Waals surface area (Å²) in [6.07, 6.45) is 4.24. The SMILES string of the molecule is C[C@@H]1CC[C@@H]2[C@]34OO[C@](C)(CC[C@@H]13)O[C@H]4OC(=O)[C@@]21C[C@@H]2c3ccccc3CCN2O1. The number of hydrogen-bond donors (Lipinski definition) is 0. The lowest BCUT2D eigenvalue weighted by atomic mass is 9.56. The van der Waals surface area contributed by atoms with Crippen LogP contribution in [0, 0.1) is 17.8 Å². The van der Waals surface area contributed by atoms with Crippen LogP contribution in [0.15, 0.2) is 24.3 Å². The molecule has 2 bridgehead atoms. The lowest BCUT2D eigenvalue weighted by Gasteiger charge is -2.60. The van der Waals surface area contributed by atoms with E-state index in [4.69, 9.17) is 24.1 Å². The van der Waals surface area contributed by atoms with E-state index in [9.17, 15) is 4.79 Å². The van der Waals surface area contributed by atoms with Gasteiger partial charge in [-0.15, -0.1) is 0 Å². The number of rotatable bonds is 0. The van der Waals surface area contributed by atoms with E-state index in [1.807, 2.05) is 12.0 Å². The topological polar surface area (TPSA) is 66.5 Å². The van der Waals surface area contributed by atoms with Crippen LogP contribution in [-0.4, -0.2) is 40.9 Å². The molecule has 1 aliphatic carbocycles. The Morgan fingerprint density at radius 3 is 2.90 bits per heavy atom. The third-order valence-electron chi connectivity index (χ3n) is 8.98. The molecule has 31 heavy (non-hydrogen) atoms. The Morgan fingerprint density at radius 1 is 1.13 bits per heavy atom. The molecular formula is C24H29NO6. The predicted octanol–water partition coefficient (Wildman–Crippen LogP) is 3.43. The van der Waals surface area contributed by atoms with Crippen molar-refractivity contribution in [3.63, 3.8) is 0 Å². The van der Waals surface area contributed by atoms with Gasteiger partial charge in [-0.2, -0.15) is 5.06 Å². The Kier molecular flexibility index (Phi) is 3.73. The zero-order valence-electron chi connectivity index (χ0n) is 18.0. The fraction of sp³-hybridized carbons (Fsp3) is 0.708. The van der Waals surface area contributed by atoms with Crippen molar-refractivity contribution in [2.45, 2.75) is 81.7 Å². The molecule has 8 rings (SSSR count). The van der Waals surface area contributed by atoms with E-state index >= 15 is 0 Å². The molecule has 1 aromatic carbocycles. The molecule has 0 amide bonds. The summed E-state index contributed by atoms with van der Waals surface area (Å²) < 4.78 is 12.3. The van der Waals surface area contributed by atoms with Crippen molar-refractivity contribution in [2.75, 3.05) is 6.54 Å². The molecule has 1 aromatic rings. The molecule has 5 saturated heterocycles. The minimum absolute atomic E-state index is 0.0460. The molecule has 0 N–H and O–H groups in total. The first-order chi connectivity index (χ1) is 15.0. The van der Waals surface area contributed by atoms with E-state index < -0.39 is 23.3 Å². The summed E-state index contributed by atoms with van der Waals surface area (Å²) in [7, 11) is 0. The molecule has 166 valence electrons. The molecule has 7 heteroatoms. The maximum atomic E-state index is 13.6. The summed E-state index contributed by atoms with van der Waals surface area (Å²) in [5.41, 5.74) is 0.701. The zero-order chi connectivity index (χ0) is 21.0. The van der Waals surface area contributed by atoms with Gasteiger partial charge in [0.2, 0.25) is 12.1 Å². The van der Waals surface area contributed by atoms with Gasteiger partial charge < -0.3 is 9.47 Å². The van der Waals surface area contributed by atoms with Gasteiger partial charge in [-0.1, -0.05) is 31.2 Å². The van der Waals surface area contributed by atoms with Crippen molar-refractivity contribution < 1.29 is 28.9 Å². The summed E-state index contributed by atoms with van der Waals surface area (Å²) in [5.74, 6) is -0.736. The first-order valence-corrected chi connectivity index (χ1v) is 11.7. The largest absolute Gasteiger partial charge is 0.430 e. The normalized spacial score (nSPS) is 50.4. The Hall–Kier alpha value is -1.51. The highest BCUT2D eigenvalue weighted by atomic mass is 17.3. The highest BCUT2D eigenvalue weighted by Gasteiger charge is 2.77. The summed E-state index contributed by atoms with van der Waals surface area (Å²) in [5, 5.41) is 2.01. The number of carbonyl (C=O) groups is 1. The van der Waals surface area contributed by atoms with E-state index in [0.717, 1.165) is 38.6 Å². The van der Waals surface area contributed by atoms with Crippen LogP contribution in [0.1, 0.15) is 63.1 Å². The zero-order valence-corrected chi connectivity index (χ0v) is 18.0. The molecule has 6 fully saturated rings. The van der Waals surface area contributed by atoms with Crippen molar-refractivity contribution in [3.05, 3.63) is 35.4 Å². The molecule has 7 aliphatic rings. The monoisotopic (exact) mass is 427 g/mol. The van der Waals surface area contributed by atoms with Gasteiger partial charge >= 0.3 is 5.97 Å². The van der Waals surface area contributed by atoms with Crippen LogP contribution in [0.2, 0.25) is 0 Å².